The molecule has 0 atom stereocenters. The third kappa shape index (κ3) is 4.89. The molecule has 17 heavy (non-hydrogen) atoms. The van der Waals surface area contributed by atoms with Gasteiger partial charge < -0.3 is 0 Å². The van der Waals surface area contributed by atoms with Gasteiger partial charge in [0.1, 0.15) is 0 Å². The summed E-state index contributed by atoms with van der Waals surface area (Å²) in [4.78, 5) is 11.4. The SMILES string of the molecule is CCCCCC(=O)/C=C/c1ccc(F)c(F)c1. The number of hydrogen-bond donors (Lipinski definition) is 0. The van der Waals surface area contributed by atoms with E-state index >= 15 is 0 Å². The van der Waals surface area contributed by atoms with Crippen molar-refractivity contribution >= 4 is 11.9 Å². The van der Waals surface area contributed by atoms with Crippen molar-refractivity contribution in [2.24, 2.45) is 0 Å². The molecule has 0 unspecified atom stereocenters. The summed E-state index contributed by atoms with van der Waals surface area (Å²) in [5, 5.41) is 0. The topological polar surface area (TPSA) is 17.1 Å². The van der Waals surface area contributed by atoms with Crippen molar-refractivity contribution in [3.05, 3.63) is 41.5 Å². The first kappa shape index (κ1) is 13.6. The standard InChI is InChI=1S/C14H16F2O/c1-2-3-4-5-12(17)8-6-11-7-9-13(15)14(16)10-11/h6-10H,2-5H2,1H3/b8-6+. The Balaban J connectivity index is 2.52. The monoisotopic (exact) mass is 238 g/mol. The molecule has 0 N–H and O–H groups in total. The molecular weight excluding hydrogens is 222 g/mol. The maximum atomic E-state index is 12.9. The molecule has 0 fully saturated rings. The lowest BCUT2D eigenvalue weighted by molar-refractivity contribution is -0.114. The van der Waals surface area contributed by atoms with E-state index in [-0.39, 0.29) is 5.78 Å². The van der Waals surface area contributed by atoms with Gasteiger partial charge >= 0.3 is 0 Å². The molecule has 0 saturated carbocycles. The van der Waals surface area contributed by atoms with E-state index in [0.29, 0.717) is 12.0 Å². The Hall–Kier alpha value is -1.51. The number of benzene rings is 1. The minimum Gasteiger partial charge on any atom is -0.295 e. The lowest BCUT2D eigenvalue weighted by Crippen LogP contribution is -1.92. The lowest BCUT2D eigenvalue weighted by atomic mass is 10.1. The third-order valence-corrected chi connectivity index (χ3v) is 2.43. The van der Waals surface area contributed by atoms with Crippen LogP contribution in [0.25, 0.3) is 6.08 Å². The molecule has 1 aromatic carbocycles. The van der Waals surface area contributed by atoms with Crippen LogP contribution >= 0.6 is 0 Å². The van der Waals surface area contributed by atoms with Gasteiger partial charge in [-0.3, -0.25) is 4.79 Å². The fourth-order valence-electron chi connectivity index (χ4n) is 1.44. The van der Waals surface area contributed by atoms with Crippen LogP contribution in [0.1, 0.15) is 38.2 Å². The molecule has 1 rings (SSSR count). The summed E-state index contributed by atoms with van der Waals surface area (Å²) < 4.78 is 25.5. The summed E-state index contributed by atoms with van der Waals surface area (Å²) in [6.07, 6.45) is 6.41. The van der Waals surface area contributed by atoms with E-state index in [2.05, 4.69) is 6.92 Å². The Morgan fingerprint density at radius 2 is 2.00 bits per heavy atom. The quantitative estimate of drug-likeness (QED) is 0.538. The summed E-state index contributed by atoms with van der Waals surface area (Å²) >= 11 is 0. The largest absolute Gasteiger partial charge is 0.295 e. The highest BCUT2D eigenvalue weighted by molar-refractivity contribution is 5.93. The maximum absolute atomic E-state index is 12.9. The van der Waals surface area contributed by atoms with Crippen molar-refractivity contribution in [1.82, 2.24) is 0 Å². The Morgan fingerprint density at radius 1 is 1.24 bits per heavy atom. The maximum Gasteiger partial charge on any atom is 0.159 e. The van der Waals surface area contributed by atoms with E-state index in [1.165, 1.54) is 18.2 Å². The van der Waals surface area contributed by atoms with Gasteiger partial charge in [-0.1, -0.05) is 31.9 Å². The molecule has 1 aromatic rings. The number of halogens is 2. The highest BCUT2D eigenvalue weighted by Gasteiger charge is 2.01. The number of carbonyl (C=O) groups is 1. The minimum atomic E-state index is -0.898. The fourth-order valence-corrected chi connectivity index (χ4v) is 1.44. The Morgan fingerprint density at radius 3 is 2.65 bits per heavy atom. The van der Waals surface area contributed by atoms with Gasteiger partial charge in [-0.2, -0.15) is 0 Å². The van der Waals surface area contributed by atoms with Crippen molar-refractivity contribution in [2.75, 3.05) is 0 Å². The van der Waals surface area contributed by atoms with Crippen LogP contribution in [0, 0.1) is 11.6 Å². The van der Waals surface area contributed by atoms with Crippen molar-refractivity contribution in [3.8, 4) is 0 Å². The summed E-state index contributed by atoms with van der Waals surface area (Å²) in [5.41, 5.74) is 0.493. The third-order valence-electron chi connectivity index (χ3n) is 2.43. The predicted molar refractivity (Wildman–Crippen MR) is 64.5 cm³/mol. The van der Waals surface area contributed by atoms with E-state index in [1.54, 1.807) is 0 Å². The van der Waals surface area contributed by atoms with Crippen molar-refractivity contribution in [1.29, 1.82) is 0 Å². The van der Waals surface area contributed by atoms with Crippen LogP contribution in [0.4, 0.5) is 8.78 Å². The number of rotatable bonds is 6. The van der Waals surface area contributed by atoms with Gasteiger partial charge in [-0.25, -0.2) is 8.78 Å². The number of ketones is 1. The average molecular weight is 238 g/mol. The molecule has 0 aliphatic heterocycles. The Kier molecular flexibility index (Phi) is 5.53. The average Bonchev–Trinajstić information content (AvgIpc) is 2.31. The second kappa shape index (κ2) is 6.94. The van der Waals surface area contributed by atoms with Crippen molar-refractivity contribution in [3.63, 3.8) is 0 Å². The summed E-state index contributed by atoms with van der Waals surface area (Å²) in [6, 6.07) is 3.57. The molecule has 0 saturated heterocycles. The smallest absolute Gasteiger partial charge is 0.159 e. The van der Waals surface area contributed by atoms with E-state index < -0.39 is 11.6 Å². The van der Waals surface area contributed by atoms with Crippen LogP contribution in [0.15, 0.2) is 24.3 Å². The molecule has 0 bridgehead atoms. The molecule has 3 heteroatoms. The number of hydrogen-bond acceptors (Lipinski definition) is 1. The zero-order valence-electron chi connectivity index (χ0n) is 9.88. The fraction of sp³-hybridized carbons (Fsp3) is 0.357. The van der Waals surface area contributed by atoms with Gasteiger partial charge in [0.2, 0.25) is 0 Å². The van der Waals surface area contributed by atoms with Crippen LogP contribution in [-0.4, -0.2) is 5.78 Å². The molecule has 0 amide bonds. The number of allylic oxidation sites excluding steroid dienone is 1. The predicted octanol–water partition coefficient (Wildman–Crippen LogP) is 4.13. The first-order chi connectivity index (χ1) is 8.13. The molecule has 0 aliphatic rings. The van der Waals surface area contributed by atoms with Crippen molar-refractivity contribution in [2.45, 2.75) is 32.6 Å². The molecular formula is C14H16F2O. The first-order valence-electron chi connectivity index (χ1n) is 5.79. The van der Waals surface area contributed by atoms with Crippen molar-refractivity contribution < 1.29 is 13.6 Å². The minimum absolute atomic E-state index is 0.0168. The summed E-state index contributed by atoms with van der Waals surface area (Å²) in [7, 11) is 0. The van der Waals surface area contributed by atoms with E-state index in [9.17, 15) is 13.6 Å². The highest BCUT2D eigenvalue weighted by Crippen LogP contribution is 2.10. The zero-order chi connectivity index (χ0) is 12.7. The highest BCUT2D eigenvalue weighted by atomic mass is 19.2. The van der Waals surface area contributed by atoms with E-state index in [4.69, 9.17) is 0 Å². The van der Waals surface area contributed by atoms with Gasteiger partial charge in [0.05, 0.1) is 0 Å². The molecule has 1 nitrogen and oxygen atoms in total. The van der Waals surface area contributed by atoms with Crippen LogP contribution in [0.2, 0.25) is 0 Å². The summed E-state index contributed by atoms with van der Waals surface area (Å²) in [6.45, 7) is 2.07. The van der Waals surface area contributed by atoms with Crippen LogP contribution in [-0.2, 0) is 4.79 Å². The van der Waals surface area contributed by atoms with Gasteiger partial charge in [0.25, 0.3) is 0 Å². The lowest BCUT2D eigenvalue weighted by Gasteiger charge is -1.96. The Bertz CT molecular complexity index is 411. The second-order valence-electron chi connectivity index (χ2n) is 3.93. The van der Waals surface area contributed by atoms with Crippen LogP contribution in [0.5, 0.6) is 0 Å². The number of carbonyl (C=O) groups excluding carboxylic acids is 1. The molecule has 92 valence electrons. The molecule has 0 aliphatic carbocycles. The molecule has 0 spiro atoms. The van der Waals surface area contributed by atoms with Crippen LogP contribution < -0.4 is 0 Å². The normalized spacial score (nSPS) is 11.0. The zero-order valence-corrected chi connectivity index (χ0v) is 9.88. The molecule has 0 radical (unpaired) electrons. The van der Waals surface area contributed by atoms with E-state index in [0.717, 1.165) is 31.4 Å². The Labute approximate surface area is 100 Å². The van der Waals surface area contributed by atoms with Gasteiger partial charge in [-0.15, -0.1) is 0 Å². The van der Waals surface area contributed by atoms with E-state index in [1.807, 2.05) is 0 Å². The van der Waals surface area contributed by atoms with Gasteiger partial charge in [0, 0.05) is 6.42 Å². The molecule has 0 aromatic heterocycles. The van der Waals surface area contributed by atoms with Gasteiger partial charge in [0.15, 0.2) is 17.4 Å². The van der Waals surface area contributed by atoms with Gasteiger partial charge in [-0.05, 0) is 30.2 Å². The van der Waals surface area contributed by atoms with Crippen LogP contribution in [0.3, 0.4) is 0 Å². The first-order valence-corrected chi connectivity index (χ1v) is 5.79. The summed E-state index contributed by atoms with van der Waals surface area (Å²) in [5.74, 6) is -1.76. The number of unbranched alkanes of at least 4 members (excludes halogenated alkanes) is 2. The second-order valence-corrected chi connectivity index (χ2v) is 3.93. The molecule has 0 heterocycles.